The normalized spacial score (nSPS) is 19.1. The van der Waals surface area contributed by atoms with Crippen LogP contribution in [0.5, 0.6) is 0 Å². The van der Waals surface area contributed by atoms with Crippen LogP contribution in [-0.4, -0.2) is 41.2 Å². The summed E-state index contributed by atoms with van der Waals surface area (Å²) < 4.78 is 26.3. The maximum absolute atomic E-state index is 13.6. The molecule has 0 aliphatic carbocycles. The fourth-order valence-corrected chi connectivity index (χ4v) is 7.23. The fraction of sp³-hybridized carbons (Fsp3) is 0.148. The van der Waals surface area contributed by atoms with E-state index in [1.807, 2.05) is 6.92 Å². The lowest BCUT2D eigenvalue weighted by Gasteiger charge is -2.26. The van der Waals surface area contributed by atoms with Gasteiger partial charge in [-0.2, -0.15) is 0 Å². The maximum atomic E-state index is 13.6. The van der Waals surface area contributed by atoms with E-state index in [1.165, 1.54) is 24.3 Å². The van der Waals surface area contributed by atoms with Crippen LogP contribution < -0.4 is 4.90 Å². The monoisotopic (exact) mass is 597 g/mol. The third kappa shape index (κ3) is 4.90. The zero-order valence-electron chi connectivity index (χ0n) is 20.7. The largest absolute Gasteiger partial charge is 0.382 e. The molecule has 40 heavy (non-hydrogen) atoms. The van der Waals surface area contributed by atoms with Gasteiger partial charge >= 0.3 is 0 Å². The lowest BCUT2D eigenvalue weighted by Crippen LogP contribution is -2.30. The van der Waals surface area contributed by atoms with Gasteiger partial charge in [-0.15, -0.1) is 0 Å². The number of carbonyl (C=O) groups is 2. The van der Waals surface area contributed by atoms with Crippen molar-refractivity contribution in [1.82, 2.24) is 4.98 Å². The number of nitro benzene ring substituents is 1. The molecule has 204 valence electrons. The van der Waals surface area contributed by atoms with Gasteiger partial charge < -0.3 is 5.11 Å². The number of aliphatic hydroxyl groups is 1. The number of anilines is 1. The van der Waals surface area contributed by atoms with Crippen LogP contribution in [0.4, 0.5) is 10.8 Å². The minimum atomic E-state index is -4.13. The minimum Gasteiger partial charge on any atom is -0.382 e. The van der Waals surface area contributed by atoms with Gasteiger partial charge in [-0.1, -0.05) is 52.8 Å². The molecule has 1 N–H and O–H groups in total. The van der Waals surface area contributed by atoms with Gasteiger partial charge in [-0.05, 0) is 48.9 Å². The molecule has 0 spiro atoms. The number of aliphatic hydroxyl groups excluding tert-OH is 1. The summed E-state index contributed by atoms with van der Waals surface area (Å²) in [4.78, 5) is 42.5. The summed E-state index contributed by atoms with van der Waals surface area (Å²) in [5.74, 6) is -2.50. The zero-order valence-corrected chi connectivity index (χ0v) is 23.1. The number of Topliss-reactive ketones (excluding diaryl/α,β-unsaturated/α-hetero) is 1. The van der Waals surface area contributed by atoms with Gasteiger partial charge in [0.1, 0.15) is 10.3 Å². The molecule has 3 atom stereocenters. The Kier molecular flexibility index (Phi) is 7.27. The number of hydrogen-bond acceptors (Lipinski definition) is 9. The van der Waals surface area contributed by atoms with Crippen LogP contribution in [0.15, 0.2) is 88.1 Å². The van der Waals surface area contributed by atoms with Gasteiger partial charge in [0.15, 0.2) is 10.9 Å². The van der Waals surface area contributed by atoms with Gasteiger partial charge in [-0.3, -0.25) is 24.6 Å². The van der Waals surface area contributed by atoms with Gasteiger partial charge in [0.05, 0.1) is 28.0 Å². The second-order valence-corrected chi connectivity index (χ2v) is 12.7. The molecule has 0 bridgehead atoms. The number of aryl methyl sites for hydroxylation is 1. The van der Waals surface area contributed by atoms with Crippen molar-refractivity contribution in [3.63, 3.8) is 0 Å². The molecule has 3 unspecified atom stereocenters. The number of aromatic nitrogens is 1. The summed E-state index contributed by atoms with van der Waals surface area (Å²) in [6.45, 7) is 1.88. The SMILES string of the molecule is Cc1ccc(C2C(C(=O)c3ccc(Cl)cc3)C(O)C(=O)N2c2ncc(S(=O)(=O)c3ccc([N+](=O)[O-])cc3)s2)cc1. The van der Waals surface area contributed by atoms with E-state index in [0.29, 0.717) is 21.9 Å². The Bertz CT molecular complexity index is 1720. The number of rotatable bonds is 7. The molecule has 1 aromatic heterocycles. The first kappa shape index (κ1) is 27.6. The number of carbonyl (C=O) groups excluding carboxylic acids is 2. The summed E-state index contributed by atoms with van der Waals surface area (Å²) in [6, 6.07) is 16.6. The molecule has 0 radical (unpaired) electrons. The Labute approximate surface area is 237 Å². The van der Waals surface area contributed by atoms with Crippen molar-refractivity contribution in [2.24, 2.45) is 5.92 Å². The lowest BCUT2D eigenvalue weighted by atomic mass is 9.85. The minimum absolute atomic E-state index is 0.0264. The molecule has 1 amide bonds. The molecular formula is C27H20ClN3O7S2. The summed E-state index contributed by atoms with van der Waals surface area (Å²) >= 11 is 6.66. The molecule has 1 saturated heterocycles. The Balaban J connectivity index is 1.57. The molecule has 5 rings (SSSR count). The van der Waals surface area contributed by atoms with E-state index in [4.69, 9.17) is 11.6 Å². The number of sulfone groups is 1. The molecule has 1 fully saturated rings. The van der Waals surface area contributed by atoms with Crippen LogP contribution in [0.2, 0.25) is 5.02 Å². The first-order valence-corrected chi connectivity index (χ1v) is 14.5. The van der Waals surface area contributed by atoms with Gasteiger partial charge in [-0.25, -0.2) is 13.4 Å². The predicted octanol–water partition coefficient (Wildman–Crippen LogP) is 4.79. The second kappa shape index (κ2) is 10.5. The Morgan fingerprint density at radius 3 is 2.27 bits per heavy atom. The molecule has 0 saturated carbocycles. The third-order valence-corrected chi connectivity index (χ3v) is 10.1. The van der Waals surface area contributed by atoms with Crippen LogP contribution in [0.1, 0.15) is 27.5 Å². The Morgan fingerprint density at radius 1 is 1.05 bits per heavy atom. The summed E-state index contributed by atoms with van der Waals surface area (Å²) in [5.41, 5.74) is 1.47. The number of nitrogens with zero attached hydrogens (tertiary/aromatic N) is 3. The number of ketones is 1. The molecule has 1 aliphatic heterocycles. The Hall–Kier alpha value is -3.97. The predicted molar refractivity (Wildman–Crippen MR) is 147 cm³/mol. The highest BCUT2D eigenvalue weighted by molar-refractivity contribution is 7.93. The number of amides is 1. The van der Waals surface area contributed by atoms with E-state index in [-0.39, 0.29) is 25.5 Å². The first-order chi connectivity index (χ1) is 19.0. The molecule has 2 heterocycles. The zero-order chi connectivity index (χ0) is 28.8. The van der Waals surface area contributed by atoms with Crippen molar-refractivity contribution in [2.75, 3.05) is 4.90 Å². The molecule has 13 heteroatoms. The van der Waals surface area contributed by atoms with Gasteiger partial charge in [0, 0.05) is 22.7 Å². The topological polar surface area (TPSA) is 148 Å². The number of non-ortho nitro benzene ring substituents is 1. The van der Waals surface area contributed by atoms with Crippen molar-refractivity contribution in [3.05, 3.63) is 111 Å². The molecule has 1 aliphatic rings. The quantitative estimate of drug-likeness (QED) is 0.182. The van der Waals surface area contributed by atoms with Crippen LogP contribution in [-0.2, 0) is 14.6 Å². The summed E-state index contributed by atoms with van der Waals surface area (Å²) in [5, 5.41) is 22.4. The number of halogens is 1. The fourth-order valence-electron chi connectivity index (χ4n) is 4.54. The average molecular weight is 598 g/mol. The smallest absolute Gasteiger partial charge is 0.269 e. The second-order valence-electron chi connectivity index (χ2n) is 9.12. The standard InChI is InChI=1S/C27H20ClN3O7S2/c1-15-2-4-16(5-3-15)23-22(24(32)17-6-8-18(28)9-7-17)25(33)26(34)30(23)27-29-14-21(39-27)40(37,38)20-12-10-19(11-13-20)31(35)36/h2-14,22-23,25,33H,1H3. The number of nitro groups is 1. The average Bonchev–Trinajstić information content (AvgIpc) is 3.53. The van der Waals surface area contributed by atoms with Gasteiger partial charge in [0.25, 0.3) is 11.6 Å². The van der Waals surface area contributed by atoms with E-state index in [9.17, 15) is 33.2 Å². The lowest BCUT2D eigenvalue weighted by molar-refractivity contribution is -0.384. The molecule has 3 aromatic carbocycles. The first-order valence-electron chi connectivity index (χ1n) is 11.8. The number of thiazole rings is 1. The van der Waals surface area contributed by atoms with E-state index in [2.05, 4.69) is 4.98 Å². The maximum Gasteiger partial charge on any atom is 0.269 e. The van der Waals surface area contributed by atoms with Crippen molar-refractivity contribution >= 4 is 55.3 Å². The highest BCUT2D eigenvalue weighted by Crippen LogP contribution is 2.45. The van der Waals surface area contributed by atoms with E-state index in [0.717, 1.165) is 40.9 Å². The van der Waals surface area contributed by atoms with Crippen LogP contribution in [0.25, 0.3) is 0 Å². The highest BCUT2D eigenvalue weighted by Gasteiger charge is 2.53. The summed E-state index contributed by atoms with van der Waals surface area (Å²) in [7, 11) is -4.13. The van der Waals surface area contributed by atoms with Crippen molar-refractivity contribution in [2.45, 2.75) is 28.2 Å². The van der Waals surface area contributed by atoms with Gasteiger partial charge in [0.2, 0.25) is 9.84 Å². The van der Waals surface area contributed by atoms with Crippen molar-refractivity contribution in [1.29, 1.82) is 0 Å². The number of benzene rings is 3. The van der Waals surface area contributed by atoms with Crippen molar-refractivity contribution in [3.8, 4) is 0 Å². The van der Waals surface area contributed by atoms with Crippen LogP contribution >= 0.6 is 22.9 Å². The Morgan fingerprint density at radius 2 is 1.68 bits per heavy atom. The highest BCUT2D eigenvalue weighted by atomic mass is 35.5. The van der Waals surface area contributed by atoms with E-state index in [1.54, 1.807) is 24.3 Å². The third-order valence-electron chi connectivity index (χ3n) is 6.60. The number of hydrogen-bond donors (Lipinski definition) is 1. The summed E-state index contributed by atoms with van der Waals surface area (Å²) in [6.07, 6.45) is -0.634. The van der Waals surface area contributed by atoms with Crippen LogP contribution in [0, 0.1) is 23.0 Å². The molecule has 10 nitrogen and oxygen atoms in total. The van der Waals surface area contributed by atoms with Crippen LogP contribution in [0.3, 0.4) is 0 Å². The molecular weight excluding hydrogens is 578 g/mol. The molecule has 4 aromatic rings. The van der Waals surface area contributed by atoms with E-state index >= 15 is 0 Å². The van der Waals surface area contributed by atoms with E-state index < -0.39 is 44.5 Å². The van der Waals surface area contributed by atoms with Crippen molar-refractivity contribution < 1.29 is 28.0 Å².